The number of Topliss-reactive ketones (excluding diaryl/α,β-unsaturated/α-hetero) is 1. The second-order valence-corrected chi connectivity index (χ2v) is 4.86. The molecule has 1 aliphatic rings. The summed E-state index contributed by atoms with van der Waals surface area (Å²) in [5.41, 5.74) is 5.90. The van der Waals surface area contributed by atoms with Crippen molar-refractivity contribution in [2.24, 2.45) is 11.7 Å². The molecule has 82 valence electrons. The summed E-state index contributed by atoms with van der Waals surface area (Å²) in [6, 6.07) is 0.645. The molecule has 0 bridgehead atoms. The van der Waals surface area contributed by atoms with E-state index in [1.54, 1.807) is 0 Å². The van der Waals surface area contributed by atoms with E-state index in [4.69, 9.17) is 5.73 Å². The molecule has 14 heavy (non-hydrogen) atoms. The van der Waals surface area contributed by atoms with E-state index < -0.39 is 0 Å². The van der Waals surface area contributed by atoms with Crippen molar-refractivity contribution in [2.45, 2.75) is 52.2 Å². The number of carbonyl (C=O) groups is 1. The summed E-state index contributed by atoms with van der Waals surface area (Å²) in [7, 11) is 0. The molecule has 1 fully saturated rings. The van der Waals surface area contributed by atoms with Gasteiger partial charge in [-0.1, -0.05) is 13.8 Å². The van der Waals surface area contributed by atoms with E-state index in [2.05, 4.69) is 18.7 Å². The molecule has 0 spiro atoms. The topological polar surface area (TPSA) is 46.3 Å². The summed E-state index contributed by atoms with van der Waals surface area (Å²) in [6.07, 6.45) is 0.829. The van der Waals surface area contributed by atoms with Gasteiger partial charge in [-0.3, -0.25) is 9.69 Å². The summed E-state index contributed by atoms with van der Waals surface area (Å²) in [4.78, 5) is 14.1. The molecule has 0 amide bonds. The number of ketones is 1. The molecule has 2 N–H and O–H groups in total. The lowest BCUT2D eigenvalue weighted by Crippen LogP contribution is -2.42. The number of hydrogen-bond acceptors (Lipinski definition) is 3. The van der Waals surface area contributed by atoms with Gasteiger partial charge < -0.3 is 5.73 Å². The molecule has 1 saturated heterocycles. The molecule has 0 unspecified atom stereocenters. The van der Waals surface area contributed by atoms with Gasteiger partial charge in [0.15, 0.2) is 5.78 Å². The van der Waals surface area contributed by atoms with Crippen LogP contribution in [-0.4, -0.2) is 35.4 Å². The highest BCUT2D eigenvalue weighted by Gasteiger charge is 2.36. The maximum Gasteiger partial charge on any atom is 0.152 e. The van der Waals surface area contributed by atoms with Crippen molar-refractivity contribution in [3.05, 3.63) is 0 Å². The van der Waals surface area contributed by atoms with Gasteiger partial charge in [0.1, 0.15) is 0 Å². The van der Waals surface area contributed by atoms with Gasteiger partial charge in [0, 0.05) is 24.5 Å². The van der Waals surface area contributed by atoms with E-state index in [0.29, 0.717) is 11.8 Å². The van der Waals surface area contributed by atoms with Gasteiger partial charge in [0.05, 0.1) is 6.04 Å². The first kappa shape index (κ1) is 11.7. The first-order valence-corrected chi connectivity index (χ1v) is 5.48. The number of carbonyl (C=O) groups excluding carboxylic acids is 1. The maximum atomic E-state index is 11.9. The van der Waals surface area contributed by atoms with Crippen LogP contribution < -0.4 is 5.73 Å². The Morgan fingerprint density at radius 1 is 1.36 bits per heavy atom. The molecule has 1 aliphatic heterocycles. The minimum absolute atomic E-state index is 0.0602. The van der Waals surface area contributed by atoms with Gasteiger partial charge in [0.2, 0.25) is 0 Å². The monoisotopic (exact) mass is 198 g/mol. The third-order valence-electron chi connectivity index (χ3n) is 2.93. The lowest BCUT2D eigenvalue weighted by atomic mass is 9.98. The van der Waals surface area contributed by atoms with Gasteiger partial charge in [0.25, 0.3) is 0 Å². The van der Waals surface area contributed by atoms with Crippen LogP contribution >= 0.6 is 0 Å². The zero-order valence-electron chi connectivity index (χ0n) is 9.66. The van der Waals surface area contributed by atoms with Crippen molar-refractivity contribution in [1.82, 2.24) is 4.90 Å². The second kappa shape index (κ2) is 4.41. The minimum Gasteiger partial charge on any atom is -0.326 e. The molecule has 3 nitrogen and oxygen atoms in total. The molecular weight excluding hydrogens is 176 g/mol. The van der Waals surface area contributed by atoms with Crippen molar-refractivity contribution in [2.75, 3.05) is 6.54 Å². The van der Waals surface area contributed by atoms with Crippen molar-refractivity contribution < 1.29 is 4.79 Å². The zero-order chi connectivity index (χ0) is 10.9. The molecule has 2 atom stereocenters. The molecule has 3 heteroatoms. The Labute approximate surface area is 86.6 Å². The van der Waals surface area contributed by atoms with E-state index in [9.17, 15) is 4.79 Å². The predicted molar refractivity (Wildman–Crippen MR) is 58.1 cm³/mol. The normalized spacial score (nSPS) is 29.1. The summed E-state index contributed by atoms with van der Waals surface area (Å²) < 4.78 is 0. The first-order chi connectivity index (χ1) is 6.43. The van der Waals surface area contributed by atoms with Gasteiger partial charge >= 0.3 is 0 Å². The molecule has 0 radical (unpaired) electrons. The first-order valence-electron chi connectivity index (χ1n) is 5.48. The summed E-state index contributed by atoms with van der Waals surface area (Å²) >= 11 is 0. The molecule has 1 heterocycles. The molecule has 0 saturated carbocycles. The van der Waals surface area contributed by atoms with Crippen molar-refractivity contribution >= 4 is 5.78 Å². The van der Waals surface area contributed by atoms with Crippen LogP contribution in [0, 0.1) is 5.92 Å². The lowest BCUT2D eigenvalue weighted by molar-refractivity contribution is -0.126. The third kappa shape index (κ3) is 2.34. The van der Waals surface area contributed by atoms with E-state index in [-0.39, 0.29) is 18.0 Å². The summed E-state index contributed by atoms with van der Waals surface area (Å²) in [5, 5.41) is 0. The Balaban J connectivity index is 2.71. The highest BCUT2D eigenvalue weighted by Crippen LogP contribution is 2.22. The van der Waals surface area contributed by atoms with Crippen LogP contribution in [0.5, 0.6) is 0 Å². The Kier molecular flexibility index (Phi) is 3.67. The van der Waals surface area contributed by atoms with Gasteiger partial charge in [-0.2, -0.15) is 0 Å². The molecule has 0 aromatic heterocycles. The average molecular weight is 198 g/mol. The van der Waals surface area contributed by atoms with Crippen LogP contribution in [0.15, 0.2) is 0 Å². The van der Waals surface area contributed by atoms with Gasteiger partial charge in [-0.05, 0) is 20.3 Å². The van der Waals surface area contributed by atoms with Crippen molar-refractivity contribution in [3.8, 4) is 0 Å². The zero-order valence-corrected chi connectivity index (χ0v) is 9.66. The molecule has 0 aromatic rings. The third-order valence-corrected chi connectivity index (χ3v) is 2.93. The Hall–Kier alpha value is -0.410. The minimum atomic E-state index is 0.0602. The molecule has 0 aliphatic carbocycles. The van der Waals surface area contributed by atoms with Crippen LogP contribution in [-0.2, 0) is 4.79 Å². The quantitative estimate of drug-likeness (QED) is 0.736. The molecule has 0 aromatic carbocycles. The second-order valence-electron chi connectivity index (χ2n) is 4.86. The standard InChI is InChI=1S/C11H22N2O/c1-7(2)11(14)10-5-9(12)6-13(10)8(3)4/h7-10H,5-6,12H2,1-4H3/t9-,10-/m0/s1. The Morgan fingerprint density at radius 3 is 2.36 bits per heavy atom. The summed E-state index contributed by atoms with van der Waals surface area (Å²) in [5.74, 6) is 0.457. The lowest BCUT2D eigenvalue weighted by Gasteiger charge is -2.28. The van der Waals surface area contributed by atoms with Crippen LogP contribution in [0.3, 0.4) is 0 Å². The van der Waals surface area contributed by atoms with Crippen LogP contribution in [0.25, 0.3) is 0 Å². The van der Waals surface area contributed by atoms with Crippen LogP contribution in [0.4, 0.5) is 0 Å². The SMILES string of the molecule is CC(C)C(=O)[C@@H]1C[C@H](N)CN1C(C)C. The van der Waals surface area contributed by atoms with E-state index in [1.807, 2.05) is 13.8 Å². The maximum absolute atomic E-state index is 11.9. The van der Waals surface area contributed by atoms with Crippen LogP contribution in [0.2, 0.25) is 0 Å². The Morgan fingerprint density at radius 2 is 1.93 bits per heavy atom. The highest BCUT2D eigenvalue weighted by molar-refractivity contribution is 5.86. The fourth-order valence-electron chi connectivity index (χ4n) is 2.13. The number of rotatable bonds is 3. The number of nitrogens with zero attached hydrogens (tertiary/aromatic N) is 1. The van der Waals surface area contributed by atoms with E-state index in [0.717, 1.165) is 13.0 Å². The largest absolute Gasteiger partial charge is 0.326 e. The number of nitrogens with two attached hydrogens (primary N) is 1. The van der Waals surface area contributed by atoms with Gasteiger partial charge in [-0.25, -0.2) is 0 Å². The number of likely N-dealkylation sites (tertiary alicyclic amines) is 1. The molecule has 1 rings (SSSR count). The van der Waals surface area contributed by atoms with Crippen LogP contribution in [0.1, 0.15) is 34.1 Å². The Bertz CT molecular complexity index is 213. The average Bonchev–Trinajstić information content (AvgIpc) is 2.45. The fraction of sp³-hybridized carbons (Fsp3) is 0.909. The predicted octanol–water partition coefficient (Wildman–Crippen LogP) is 1.02. The van der Waals surface area contributed by atoms with Gasteiger partial charge in [-0.15, -0.1) is 0 Å². The smallest absolute Gasteiger partial charge is 0.152 e. The number of hydrogen-bond donors (Lipinski definition) is 1. The summed E-state index contributed by atoms with van der Waals surface area (Å²) in [6.45, 7) is 9.04. The van der Waals surface area contributed by atoms with E-state index >= 15 is 0 Å². The van der Waals surface area contributed by atoms with E-state index in [1.165, 1.54) is 0 Å². The molecular formula is C11H22N2O. The highest BCUT2D eigenvalue weighted by atomic mass is 16.1. The van der Waals surface area contributed by atoms with Crippen molar-refractivity contribution in [1.29, 1.82) is 0 Å². The fourth-order valence-corrected chi connectivity index (χ4v) is 2.13. The van der Waals surface area contributed by atoms with Crippen molar-refractivity contribution in [3.63, 3.8) is 0 Å².